The molecule has 0 bridgehead atoms. The van der Waals surface area contributed by atoms with E-state index < -0.39 is 32.7 Å². The fraction of sp³-hybridized carbons (Fsp3) is 0.562. The molecule has 0 spiro atoms. The van der Waals surface area contributed by atoms with Crippen LogP contribution in [0.25, 0.3) is 0 Å². The summed E-state index contributed by atoms with van der Waals surface area (Å²) in [6.07, 6.45) is 0.802. The molecule has 0 aromatic heterocycles. The van der Waals surface area contributed by atoms with Gasteiger partial charge in [0.25, 0.3) is 0 Å². The molecule has 0 radical (unpaired) electrons. The zero-order valence-corrected chi connectivity index (χ0v) is 14.8. The Hall–Kier alpha value is -1.47. The van der Waals surface area contributed by atoms with E-state index in [-0.39, 0.29) is 5.92 Å². The van der Waals surface area contributed by atoms with Gasteiger partial charge in [-0.05, 0) is 30.4 Å². The maximum atomic E-state index is 13.7. The van der Waals surface area contributed by atoms with Gasteiger partial charge in [0.05, 0.1) is 0 Å². The van der Waals surface area contributed by atoms with Gasteiger partial charge < -0.3 is 5.32 Å². The maximum absolute atomic E-state index is 13.7. The van der Waals surface area contributed by atoms with E-state index in [2.05, 4.69) is 10.0 Å². The van der Waals surface area contributed by atoms with Crippen LogP contribution in [0.2, 0.25) is 0 Å². The van der Waals surface area contributed by atoms with Gasteiger partial charge in [-0.2, -0.15) is 4.72 Å². The SMILES string of the molecule is CC(C)CCNC(=O)[C@@H](NS(=O)(=O)c1ccccc1F)C(C)C. The quantitative estimate of drug-likeness (QED) is 0.760. The highest BCUT2D eigenvalue weighted by Gasteiger charge is 2.29. The topological polar surface area (TPSA) is 75.3 Å². The van der Waals surface area contributed by atoms with Gasteiger partial charge in [-0.3, -0.25) is 4.79 Å². The summed E-state index contributed by atoms with van der Waals surface area (Å²) in [5.74, 6) is -1.08. The lowest BCUT2D eigenvalue weighted by molar-refractivity contribution is -0.123. The predicted molar refractivity (Wildman–Crippen MR) is 87.8 cm³/mol. The predicted octanol–water partition coefficient (Wildman–Crippen LogP) is 2.29. The van der Waals surface area contributed by atoms with Crippen LogP contribution < -0.4 is 10.0 Å². The van der Waals surface area contributed by atoms with Crippen LogP contribution in [0.5, 0.6) is 0 Å². The molecule has 0 aliphatic rings. The minimum absolute atomic E-state index is 0.268. The molecule has 0 unspecified atom stereocenters. The lowest BCUT2D eigenvalue weighted by Crippen LogP contribution is -2.50. The third kappa shape index (κ3) is 5.91. The Kier molecular flexibility index (Phi) is 7.15. The van der Waals surface area contributed by atoms with Crippen LogP contribution >= 0.6 is 0 Å². The van der Waals surface area contributed by atoms with Crippen molar-refractivity contribution in [2.45, 2.75) is 45.1 Å². The van der Waals surface area contributed by atoms with Gasteiger partial charge in [0.2, 0.25) is 15.9 Å². The smallest absolute Gasteiger partial charge is 0.244 e. The number of hydrogen-bond donors (Lipinski definition) is 2. The lowest BCUT2D eigenvalue weighted by Gasteiger charge is -2.22. The van der Waals surface area contributed by atoms with Gasteiger partial charge in [-0.25, -0.2) is 12.8 Å². The van der Waals surface area contributed by atoms with Crippen LogP contribution in [-0.2, 0) is 14.8 Å². The molecule has 1 amide bonds. The van der Waals surface area contributed by atoms with E-state index in [9.17, 15) is 17.6 Å². The summed E-state index contributed by atoms with van der Waals surface area (Å²) in [5.41, 5.74) is 0. The molecule has 0 aliphatic heterocycles. The fourth-order valence-corrected chi connectivity index (χ4v) is 3.40. The van der Waals surface area contributed by atoms with E-state index in [4.69, 9.17) is 0 Å². The van der Waals surface area contributed by atoms with Crippen LogP contribution in [0.4, 0.5) is 4.39 Å². The van der Waals surface area contributed by atoms with Crippen molar-refractivity contribution in [2.75, 3.05) is 6.54 Å². The molecule has 7 heteroatoms. The summed E-state index contributed by atoms with van der Waals surface area (Å²) < 4.78 is 40.7. The minimum Gasteiger partial charge on any atom is -0.355 e. The van der Waals surface area contributed by atoms with Crippen molar-refractivity contribution in [3.05, 3.63) is 30.1 Å². The third-order valence-corrected chi connectivity index (χ3v) is 4.85. The van der Waals surface area contributed by atoms with Gasteiger partial charge in [-0.15, -0.1) is 0 Å². The number of rotatable bonds is 8. The lowest BCUT2D eigenvalue weighted by atomic mass is 10.0. The third-order valence-electron chi connectivity index (χ3n) is 3.38. The van der Waals surface area contributed by atoms with Crippen molar-refractivity contribution in [1.82, 2.24) is 10.0 Å². The summed E-state index contributed by atoms with van der Waals surface area (Å²) in [4.78, 5) is 11.8. The summed E-state index contributed by atoms with van der Waals surface area (Å²) in [7, 11) is -4.11. The standard InChI is InChI=1S/C16H25FN2O3S/c1-11(2)9-10-18-16(20)15(12(3)4)19-23(21,22)14-8-6-5-7-13(14)17/h5-8,11-12,15,19H,9-10H2,1-4H3,(H,18,20)/t15-/m0/s1. The van der Waals surface area contributed by atoms with Gasteiger partial charge in [0.1, 0.15) is 16.8 Å². The molecule has 1 atom stereocenters. The molecule has 0 saturated carbocycles. The Bertz CT molecular complexity index is 630. The number of hydrogen-bond acceptors (Lipinski definition) is 3. The van der Waals surface area contributed by atoms with Crippen molar-refractivity contribution >= 4 is 15.9 Å². The maximum Gasteiger partial charge on any atom is 0.244 e. The molecular weight excluding hydrogens is 319 g/mol. The van der Waals surface area contributed by atoms with Gasteiger partial charge in [0, 0.05) is 6.54 Å². The Balaban J connectivity index is 2.87. The molecular formula is C16H25FN2O3S. The van der Waals surface area contributed by atoms with Crippen molar-refractivity contribution in [3.8, 4) is 0 Å². The molecule has 130 valence electrons. The van der Waals surface area contributed by atoms with Crippen molar-refractivity contribution in [2.24, 2.45) is 11.8 Å². The highest BCUT2D eigenvalue weighted by atomic mass is 32.2. The second-order valence-electron chi connectivity index (χ2n) is 6.25. The van der Waals surface area contributed by atoms with Gasteiger partial charge in [0.15, 0.2) is 0 Å². The number of carbonyl (C=O) groups excluding carboxylic acids is 1. The highest BCUT2D eigenvalue weighted by molar-refractivity contribution is 7.89. The number of carbonyl (C=O) groups is 1. The first-order valence-electron chi connectivity index (χ1n) is 7.69. The van der Waals surface area contributed by atoms with Crippen LogP contribution in [0.3, 0.4) is 0 Å². The van der Waals surface area contributed by atoms with Crippen LogP contribution in [0.15, 0.2) is 29.2 Å². The normalized spacial score (nSPS) is 13.3. The van der Waals surface area contributed by atoms with Gasteiger partial charge in [-0.1, -0.05) is 39.8 Å². The molecule has 0 aliphatic carbocycles. The number of benzene rings is 1. The van der Waals surface area contributed by atoms with E-state index in [0.29, 0.717) is 12.5 Å². The van der Waals surface area contributed by atoms with E-state index >= 15 is 0 Å². The van der Waals surface area contributed by atoms with Crippen molar-refractivity contribution in [1.29, 1.82) is 0 Å². The number of sulfonamides is 1. The second kappa shape index (κ2) is 8.40. The average Bonchev–Trinajstić information content (AvgIpc) is 2.44. The second-order valence-corrected chi connectivity index (χ2v) is 7.93. The molecule has 1 aromatic carbocycles. The zero-order valence-electron chi connectivity index (χ0n) is 14.0. The molecule has 0 saturated heterocycles. The average molecular weight is 344 g/mol. The first-order chi connectivity index (χ1) is 10.6. The molecule has 1 aromatic rings. The summed E-state index contributed by atoms with van der Waals surface area (Å²) in [6.45, 7) is 8.01. The molecule has 5 nitrogen and oxygen atoms in total. The summed E-state index contributed by atoms with van der Waals surface area (Å²) in [6, 6.07) is 4.14. The minimum atomic E-state index is -4.11. The Morgan fingerprint density at radius 1 is 1.17 bits per heavy atom. The van der Waals surface area contributed by atoms with E-state index in [1.165, 1.54) is 18.2 Å². The first-order valence-corrected chi connectivity index (χ1v) is 9.18. The van der Waals surface area contributed by atoms with E-state index in [1.807, 2.05) is 13.8 Å². The summed E-state index contributed by atoms with van der Waals surface area (Å²) in [5, 5.41) is 2.72. The molecule has 0 heterocycles. The van der Waals surface area contributed by atoms with E-state index in [1.54, 1.807) is 13.8 Å². The largest absolute Gasteiger partial charge is 0.355 e. The highest BCUT2D eigenvalue weighted by Crippen LogP contribution is 2.15. The Morgan fingerprint density at radius 2 is 1.78 bits per heavy atom. The molecule has 1 rings (SSSR count). The van der Waals surface area contributed by atoms with Crippen molar-refractivity contribution in [3.63, 3.8) is 0 Å². The van der Waals surface area contributed by atoms with Crippen LogP contribution in [0.1, 0.15) is 34.1 Å². The fourth-order valence-electron chi connectivity index (χ4n) is 1.98. The van der Waals surface area contributed by atoms with Gasteiger partial charge >= 0.3 is 0 Å². The number of amides is 1. The number of halogens is 1. The Morgan fingerprint density at radius 3 is 2.30 bits per heavy atom. The zero-order chi connectivity index (χ0) is 17.6. The van der Waals surface area contributed by atoms with Crippen molar-refractivity contribution < 1.29 is 17.6 Å². The monoisotopic (exact) mass is 344 g/mol. The van der Waals surface area contributed by atoms with Crippen LogP contribution in [0, 0.1) is 17.7 Å². The molecule has 23 heavy (non-hydrogen) atoms. The molecule has 2 N–H and O–H groups in total. The van der Waals surface area contributed by atoms with Crippen LogP contribution in [-0.4, -0.2) is 26.9 Å². The summed E-state index contributed by atoms with van der Waals surface area (Å²) >= 11 is 0. The van der Waals surface area contributed by atoms with E-state index in [0.717, 1.165) is 12.5 Å². The molecule has 0 fully saturated rings. The Labute approximate surface area is 137 Å². The first kappa shape index (κ1) is 19.6. The number of nitrogens with one attached hydrogen (secondary N) is 2.